The minimum atomic E-state index is -0.232. The van der Waals surface area contributed by atoms with Crippen LogP contribution in [-0.2, 0) is 12.8 Å². The van der Waals surface area contributed by atoms with Crippen molar-refractivity contribution in [2.45, 2.75) is 32.6 Å². The highest BCUT2D eigenvalue weighted by Crippen LogP contribution is 2.35. The number of carbonyl (C=O) groups is 1. The molecule has 1 amide bonds. The summed E-state index contributed by atoms with van der Waals surface area (Å²) in [6.07, 6.45) is 6.15. The molecule has 0 fully saturated rings. The standard InChI is InChI=1S/C18H18N4OS/c1-10-6-7-14(20-9-10)22-17(23)16-15(19)12-8-11-4-2-3-5-13(11)21-18(12)24-16/h6-9H,2-5,19H2,1H3,(H,20,22,23). The summed E-state index contributed by atoms with van der Waals surface area (Å²) in [5.74, 6) is 0.291. The highest BCUT2D eigenvalue weighted by Gasteiger charge is 2.20. The van der Waals surface area contributed by atoms with Crippen LogP contribution < -0.4 is 11.1 Å². The van der Waals surface area contributed by atoms with Gasteiger partial charge in [-0.15, -0.1) is 11.3 Å². The number of thiophene rings is 1. The lowest BCUT2D eigenvalue weighted by Crippen LogP contribution is -2.12. The fourth-order valence-electron chi connectivity index (χ4n) is 3.04. The van der Waals surface area contributed by atoms with Gasteiger partial charge in [-0.3, -0.25) is 4.79 Å². The number of pyridine rings is 2. The average molecular weight is 338 g/mol. The number of hydrogen-bond donors (Lipinski definition) is 2. The first-order valence-corrected chi connectivity index (χ1v) is 8.88. The maximum absolute atomic E-state index is 12.6. The van der Waals surface area contributed by atoms with Crippen molar-refractivity contribution in [3.8, 4) is 0 Å². The van der Waals surface area contributed by atoms with Crippen LogP contribution in [0.25, 0.3) is 10.2 Å². The van der Waals surface area contributed by atoms with Gasteiger partial charge in [0, 0.05) is 17.3 Å². The molecule has 3 heterocycles. The summed E-state index contributed by atoms with van der Waals surface area (Å²) in [5, 5.41) is 3.70. The lowest BCUT2D eigenvalue weighted by molar-refractivity contribution is 0.103. The number of carbonyl (C=O) groups excluding carboxylic acids is 1. The number of nitrogens with zero attached hydrogens (tertiary/aromatic N) is 2. The normalized spacial score (nSPS) is 13.7. The van der Waals surface area contributed by atoms with Crippen molar-refractivity contribution in [2.24, 2.45) is 0 Å². The monoisotopic (exact) mass is 338 g/mol. The average Bonchev–Trinajstić information content (AvgIpc) is 2.91. The van der Waals surface area contributed by atoms with E-state index < -0.39 is 0 Å². The third-order valence-corrected chi connectivity index (χ3v) is 5.47. The number of aromatic nitrogens is 2. The maximum Gasteiger partial charge on any atom is 0.269 e. The van der Waals surface area contributed by atoms with Gasteiger partial charge in [0.05, 0.1) is 5.69 Å². The van der Waals surface area contributed by atoms with Crippen molar-refractivity contribution >= 4 is 39.0 Å². The Bertz CT molecular complexity index is 930. The van der Waals surface area contributed by atoms with Gasteiger partial charge in [0.25, 0.3) is 5.91 Å². The van der Waals surface area contributed by atoms with E-state index in [0.717, 1.165) is 34.3 Å². The highest BCUT2D eigenvalue weighted by atomic mass is 32.1. The Morgan fingerprint density at radius 1 is 1.29 bits per heavy atom. The van der Waals surface area contributed by atoms with Crippen molar-refractivity contribution < 1.29 is 4.79 Å². The van der Waals surface area contributed by atoms with Crippen LogP contribution in [0.1, 0.15) is 39.3 Å². The van der Waals surface area contributed by atoms with Crippen LogP contribution in [0.4, 0.5) is 11.5 Å². The Hall–Kier alpha value is -2.47. The van der Waals surface area contributed by atoms with Crippen LogP contribution in [0.5, 0.6) is 0 Å². The van der Waals surface area contributed by atoms with Gasteiger partial charge in [-0.25, -0.2) is 9.97 Å². The topological polar surface area (TPSA) is 80.9 Å². The number of nitrogens with two attached hydrogens (primary N) is 1. The van der Waals surface area contributed by atoms with Gasteiger partial charge in [0.1, 0.15) is 15.5 Å². The third-order valence-electron chi connectivity index (χ3n) is 4.36. The van der Waals surface area contributed by atoms with Crippen LogP contribution in [0.15, 0.2) is 24.4 Å². The largest absolute Gasteiger partial charge is 0.397 e. The van der Waals surface area contributed by atoms with E-state index in [9.17, 15) is 4.79 Å². The number of amides is 1. The Labute approximate surface area is 143 Å². The third kappa shape index (κ3) is 2.63. The first-order valence-electron chi connectivity index (χ1n) is 8.06. The number of fused-ring (bicyclic) bond motifs is 2. The SMILES string of the molecule is Cc1ccc(NC(=O)c2sc3nc4c(cc3c2N)CCCC4)nc1. The molecule has 3 N–H and O–H groups in total. The fraction of sp³-hybridized carbons (Fsp3) is 0.278. The Kier molecular flexibility index (Phi) is 3.69. The zero-order chi connectivity index (χ0) is 16.7. The molecular formula is C18H18N4OS. The highest BCUT2D eigenvalue weighted by molar-refractivity contribution is 7.21. The number of anilines is 2. The van der Waals surface area contributed by atoms with E-state index in [1.54, 1.807) is 12.3 Å². The van der Waals surface area contributed by atoms with Gasteiger partial charge >= 0.3 is 0 Å². The minimum Gasteiger partial charge on any atom is -0.397 e. The molecule has 3 aromatic rings. The van der Waals surface area contributed by atoms with E-state index in [4.69, 9.17) is 10.7 Å². The molecule has 0 spiro atoms. The molecule has 5 nitrogen and oxygen atoms in total. The molecule has 0 bridgehead atoms. The fourth-order valence-corrected chi connectivity index (χ4v) is 4.03. The summed E-state index contributed by atoms with van der Waals surface area (Å²) < 4.78 is 0. The van der Waals surface area contributed by atoms with Crippen molar-refractivity contribution in [3.05, 3.63) is 46.1 Å². The van der Waals surface area contributed by atoms with Crippen molar-refractivity contribution in [1.29, 1.82) is 0 Å². The second-order valence-corrected chi connectivity index (χ2v) is 7.17. The maximum atomic E-state index is 12.6. The molecule has 0 saturated carbocycles. The van der Waals surface area contributed by atoms with Gasteiger partial charge in [0.15, 0.2) is 0 Å². The predicted molar refractivity (Wildman–Crippen MR) is 97.6 cm³/mol. The van der Waals surface area contributed by atoms with E-state index in [2.05, 4.69) is 16.4 Å². The molecule has 0 radical (unpaired) electrons. The first-order chi connectivity index (χ1) is 11.6. The van der Waals surface area contributed by atoms with Gasteiger partial charge in [-0.05, 0) is 55.9 Å². The van der Waals surface area contributed by atoms with Crippen molar-refractivity contribution in [3.63, 3.8) is 0 Å². The second-order valence-electron chi connectivity index (χ2n) is 6.17. The number of aryl methyl sites for hydroxylation is 3. The van der Waals surface area contributed by atoms with E-state index in [0.29, 0.717) is 16.4 Å². The second kappa shape index (κ2) is 5.87. The van der Waals surface area contributed by atoms with Crippen LogP contribution in [0.2, 0.25) is 0 Å². The van der Waals surface area contributed by atoms with Crippen molar-refractivity contribution in [2.75, 3.05) is 11.1 Å². The van der Waals surface area contributed by atoms with Crippen LogP contribution in [0, 0.1) is 6.92 Å². The van der Waals surface area contributed by atoms with Gasteiger partial charge in [-0.1, -0.05) is 6.07 Å². The summed E-state index contributed by atoms with van der Waals surface area (Å²) in [7, 11) is 0. The molecule has 6 heteroatoms. The summed E-state index contributed by atoms with van der Waals surface area (Å²) in [5.41, 5.74) is 10.2. The molecular weight excluding hydrogens is 320 g/mol. The van der Waals surface area contributed by atoms with E-state index in [1.807, 2.05) is 13.0 Å². The molecule has 0 aromatic carbocycles. The van der Waals surface area contributed by atoms with Crippen LogP contribution in [-0.4, -0.2) is 15.9 Å². The summed E-state index contributed by atoms with van der Waals surface area (Å²) >= 11 is 1.35. The predicted octanol–water partition coefficient (Wildman–Crippen LogP) is 3.71. The number of nitrogen functional groups attached to an aromatic ring is 1. The zero-order valence-corrected chi connectivity index (χ0v) is 14.2. The molecule has 4 rings (SSSR count). The number of hydrogen-bond acceptors (Lipinski definition) is 5. The molecule has 0 atom stereocenters. The molecule has 3 aromatic heterocycles. The molecule has 1 aliphatic rings. The molecule has 0 saturated heterocycles. The molecule has 0 unspecified atom stereocenters. The van der Waals surface area contributed by atoms with Gasteiger partial charge in [0.2, 0.25) is 0 Å². The van der Waals surface area contributed by atoms with Crippen LogP contribution >= 0.6 is 11.3 Å². The minimum absolute atomic E-state index is 0.232. The summed E-state index contributed by atoms with van der Waals surface area (Å²) in [6, 6.07) is 5.81. The zero-order valence-electron chi connectivity index (χ0n) is 13.4. The van der Waals surface area contributed by atoms with Gasteiger partial charge < -0.3 is 11.1 Å². The smallest absolute Gasteiger partial charge is 0.269 e. The molecule has 122 valence electrons. The first kappa shape index (κ1) is 15.1. The lowest BCUT2D eigenvalue weighted by atomic mass is 9.95. The van der Waals surface area contributed by atoms with E-state index in [1.165, 1.54) is 29.7 Å². The Morgan fingerprint density at radius 2 is 2.12 bits per heavy atom. The summed E-state index contributed by atoms with van der Waals surface area (Å²) in [6.45, 7) is 1.95. The molecule has 1 aliphatic carbocycles. The van der Waals surface area contributed by atoms with Crippen LogP contribution in [0.3, 0.4) is 0 Å². The number of nitrogens with one attached hydrogen (secondary N) is 1. The quantitative estimate of drug-likeness (QED) is 0.746. The van der Waals surface area contributed by atoms with Crippen molar-refractivity contribution in [1.82, 2.24) is 9.97 Å². The molecule has 24 heavy (non-hydrogen) atoms. The summed E-state index contributed by atoms with van der Waals surface area (Å²) in [4.78, 5) is 22.9. The number of rotatable bonds is 2. The Balaban J connectivity index is 1.69. The van der Waals surface area contributed by atoms with E-state index in [-0.39, 0.29) is 5.91 Å². The van der Waals surface area contributed by atoms with E-state index >= 15 is 0 Å². The Morgan fingerprint density at radius 3 is 2.92 bits per heavy atom. The van der Waals surface area contributed by atoms with Gasteiger partial charge in [-0.2, -0.15) is 0 Å². The molecule has 0 aliphatic heterocycles. The lowest BCUT2D eigenvalue weighted by Gasteiger charge is -2.14.